The van der Waals surface area contributed by atoms with Gasteiger partial charge < -0.3 is 15.8 Å². The molecule has 0 bridgehead atoms. The molecule has 20 heavy (non-hydrogen) atoms. The van der Waals surface area contributed by atoms with Gasteiger partial charge in [-0.1, -0.05) is 23.9 Å². The van der Waals surface area contributed by atoms with Crippen molar-refractivity contribution >= 4 is 23.4 Å². The van der Waals surface area contributed by atoms with Crippen LogP contribution < -0.4 is 11.3 Å². The van der Waals surface area contributed by atoms with Crippen molar-refractivity contribution < 1.29 is 9.90 Å². The van der Waals surface area contributed by atoms with Gasteiger partial charge in [0, 0.05) is 23.2 Å². The van der Waals surface area contributed by atoms with Gasteiger partial charge in [0.25, 0.3) is 5.56 Å². The average molecular weight is 291 g/mol. The van der Waals surface area contributed by atoms with Crippen molar-refractivity contribution in [2.75, 3.05) is 5.73 Å². The quantitative estimate of drug-likeness (QED) is 0.449. The van der Waals surface area contributed by atoms with E-state index in [1.807, 2.05) is 0 Å². The lowest BCUT2D eigenvalue weighted by atomic mass is 10.1. The van der Waals surface area contributed by atoms with Crippen molar-refractivity contribution in [1.29, 1.82) is 0 Å². The Hall–Kier alpha value is -2.28. The fourth-order valence-corrected chi connectivity index (χ4v) is 2.68. The number of aromatic carboxylic acids is 1. The van der Waals surface area contributed by atoms with Crippen molar-refractivity contribution in [3.63, 3.8) is 0 Å². The molecule has 0 unspecified atom stereocenters. The molecule has 1 aromatic heterocycles. The monoisotopic (exact) mass is 291 g/mol. The van der Waals surface area contributed by atoms with Crippen molar-refractivity contribution in [2.45, 2.75) is 17.8 Å². The molecule has 2 aromatic rings. The average Bonchev–Trinajstić information content (AvgIpc) is 2.34. The molecule has 7 heteroatoms. The van der Waals surface area contributed by atoms with Crippen molar-refractivity contribution in [3.05, 3.63) is 51.4 Å². The van der Waals surface area contributed by atoms with Gasteiger partial charge in [0.05, 0.1) is 5.56 Å². The van der Waals surface area contributed by atoms with E-state index >= 15 is 0 Å². The summed E-state index contributed by atoms with van der Waals surface area (Å²) in [5, 5.41) is 9.62. The predicted octanol–water partition coefficient (Wildman–Crippen LogP) is 1.65. The zero-order valence-corrected chi connectivity index (χ0v) is 11.5. The van der Waals surface area contributed by atoms with Crippen LogP contribution in [0.1, 0.15) is 21.6 Å². The first-order chi connectivity index (χ1) is 9.47. The van der Waals surface area contributed by atoms with Gasteiger partial charge in [-0.3, -0.25) is 4.79 Å². The number of benzene rings is 1. The molecule has 0 radical (unpaired) electrons. The smallest absolute Gasteiger partial charge is 0.338 e. The summed E-state index contributed by atoms with van der Waals surface area (Å²) >= 11 is 1.26. The SMILES string of the molecule is Cc1cc(=O)[nH]c(SCc2cccc(N)c2C(=O)O)n1. The molecular formula is C13H13N3O3S. The van der Waals surface area contributed by atoms with Crippen LogP contribution in [0.3, 0.4) is 0 Å². The van der Waals surface area contributed by atoms with Gasteiger partial charge in [-0.25, -0.2) is 9.78 Å². The molecule has 104 valence electrons. The number of aromatic amines is 1. The third-order valence-corrected chi connectivity index (χ3v) is 3.53. The summed E-state index contributed by atoms with van der Waals surface area (Å²) in [5.41, 5.74) is 6.96. The van der Waals surface area contributed by atoms with Crippen LogP contribution in [0.4, 0.5) is 5.69 Å². The maximum absolute atomic E-state index is 11.3. The molecule has 6 nitrogen and oxygen atoms in total. The molecule has 0 aliphatic rings. The van der Waals surface area contributed by atoms with Gasteiger partial charge in [-0.15, -0.1) is 0 Å². The molecule has 0 spiro atoms. The molecule has 0 aliphatic carbocycles. The second kappa shape index (κ2) is 5.79. The number of thioether (sulfide) groups is 1. The highest BCUT2D eigenvalue weighted by molar-refractivity contribution is 7.98. The number of H-pyrrole nitrogens is 1. The van der Waals surface area contributed by atoms with E-state index in [0.29, 0.717) is 22.2 Å². The predicted molar refractivity (Wildman–Crippen MR) is 77.0 cm³/mol. The molecule has 0 aliphatic heterocycles. The molecule has 1 aromatic carbocycles. The standard InChI is InChI=1S/C13H13N3O3S/c1-7-5-10(17)16-13(15-7)20-6-8-3-2-4-9(14)11(8)12(18)19/h2-5H,6,14H2,1H3,(H,18,19)(H,15,16,17). The number of rotatable bonds is 4. The Morgan fingerprint density at radius 1 is 1.50 bits per heavy atom. The van der Waals surface area contributed by atoms with E-state index in [2.05, 4.69) is 9.97 Å². The van der Waals surface area contributed by atoms with Crippen LogP contribution in [0.25, 0.3) is 0 Å². The summed E-state index contributed by atoms with van der Waals surface area (Å²) in [5.74, 6) is -0.705. The van der Waals surface area contributed by atoms with Gasteiger partial charge in [0.2, 0.25) is 0 Å². The molecular weight excluding hydrogens is 278 g/mol. The molecule has 4 N–H and O–H groups in total. The summed E-state index contributed by atoms with van der Waals surface area (Å²) < 4.78 is 0. The fourth-order valence-electron chi connectivity index (χ4n) is 1.77. The van der Waals surface area contributed by atoms with E-state index in [1.54, 1.807) is 25.1 Å². The number of aryl methyl sites for hydroxylation is 1. The van der Waals surface area contributed by atoms with E-state index in [1.165, 1.54) is 17.8 Å². The van der Waals surface area contributed by atoms with Gasteiger partial charge in [-0.2, -0.15) is 0 Å². The number of carbonyl (C=O) groups is 1. The highest BCUT2D eigenvalue weighted by atomic mass is 32.2. The fraction of sp³-hybridized carbons (Fsp3) is 0.154. The van der Waals surface area contributed by atoms with Crippen LogP contribution in [0.2, 0.25) is 0 Å². The Morgan fingerprint density at radius 2 is 2.25 bits per heavy atom. The van der Waals surface area contributed by atoms with Gasteiger partial charge >= 0.3 is 5.97 Å². The number of anilines is 1. The first kappa shape index (κ1) is 14.1. The van der Waals surface area contributed by atoms with E-state index in [9.17, 15) is 9.59 Å². The number of carboxylic acid groups (broad SMARTS) is 1. The molecule has 2 rings (SSSR count). The number of nitrogens with one attached hydrogen (secondary N) is 1. The summed E-state index contributed by atoms with van der Waals surface area (Å²) in [6.45, 7) is 1.72. The number of hydrogen-bond donors (Lipinski definition) is 3. The van der Waals surface area contributed by atoms with E-state index < -0.39 is 5.97 Å². The van der Waals surface area contributed by atoms with Crippen molar-refractivity contribution in [2.24, 2.45) is 0 Å². The maximum atomic E-state index is 11.3. The minimum atomic E-state index is -1.07. The lowest BCUT2D eigenvalue weighted by molar-refractivity contribution is 0.0697. The van der Waals surface area contributed by atoms with Gasteiger partial charge in [-0.05, 0) is 18.6 Å². The zero-order valence-electron chi connectivity index (χ0n) is 10.7. The Labute approximate surface area is 119 Å². The maximum Gasteiger partial charge on any atom is 0.338 e. The summed E-state index contributed by atoms with van der Waals surface area (Å²) in [4.78, 5) is 29.3. The minimum absolute atomic E-state index is 0.0926. The Balaban J connectivity index is 2.25. The topological polar surface area (TPSA) is 109 Å². The number of nitrogen functional groups attached to an aromatic ring is 1. The highest BCUT2D eigenvalue weighted by Crippen LogP contribution is 2.24. The second-order valence-corrected chi connectivity index (χ2v) is 5.13. The van der Waals surface area contributed by atoms with E-state index in [4.69, 9.17) is 10.8 Å². The van der Waals surface area contributed by atoms with Crippen LogP contribution >= 0.6 is 11.8 Å². The second-order valence-electron chi connectivity index (χ2n) is 4.17. The first-order valence-corrected chi connectivity index (χ1v) is 6.77. The number of hydrogen-bond acceptors (Lipinski definition) is 5. The Bertz CT molecular complexity index is 712. The summed E-state index contributed by atoms with van der Waals surface area (Å²) in [6, 6.07) is 6.34. The van der Waals surface area contributed by atoms with Gasteiger partial charge in [0.15, 0.2) is 5.16 Å². The summed E-state index contributed by atoms with van der Waals surface area (Å²) in [7, 11) is 0. The Kier molecular flexibility index (Phi) is 4.09. The van der Waals surface area contributed by atoms with Gasteiger partial charge in [0.1, 0.15) is 0 Å². The summed E-state index contributed by atoms with van der Waals surface area (Å²) in [6.07, 6.45) is 0. The van der Waals surface area contributed by atoms with Crippen molar-refractivity contribution in [1.82, 2.24) is 9.97 Å². The lowest BCUT2D eigenvalue weighted by Crippen LogP contribution is -2.09. The first-order valence-electron chi connectivity index (χ1n) is 5.79. The lowest BCUT2D eigenvalue weighted by Gasteiger charge is -2.08. The molecule has 0 atom stereocenters. The number of nitrogens with two attached hydrogens (primary N) is 1. The third kappa shape index (κ3) is 3.18. The molecule has 0 saturated carbocycles. The van der Waals surface area contributed by atoms with Crippen LogP contribution in [0.15, 0.2) is 34.2 Å². The van der Waals surface area contributed by atoms with Crippen LogP contribution in [0, 0.1) is 6.92 Å². The highest BCUT2D eigenvalue weighted by Gasteiger charge is 2.14. The molecule has 0 amide bonds. The normalized spacial score (nSPS) is 10.4. The van der Waals surface area contributed by atoms with E-state index in [-0.39, 0.29) is 16.8 Å². The Morgan fingerprint density at radius 3 is 2.90 bits per heavy atom. The van der Waals surface area contributed by atoms with E-state index in [0.717, 1.165) is 0 Å². The molecule has 0 fully saturated rings. The largest absolute Gasteiger partial charge is 0.478 e. The van der Waals surface area contributed by atoms with Crippen LogP contribution in [-0.2, 0) is 5.75 Å². The molecule has 1 heterocycles. The third-order valence-electron chi connectivity index (χ3n) is 2.61. The molecule has 0 saturated heterocycles. The van der Waals surface area contributed by atoms with Crippen molar-refractivity contribution in [3.8, 4) is 0 Å². The van der Waals surface area contributed by atoms with Crippen LogP contribution in [-0.4, -0.2) is 21.0 Å². The zero-order chi connectivity index (χ0) is 14.7. The number of nitrogens with zero attached hydrogens (tertiary/aromatic N) is 1. The number of aromatic nitrogens is 2. The van der Waals surface area contributed by atoms with Crippen LogP contribution in [0.5, 0.6) is 0 Å². The number of carboxylic acids is 1. The minimum Gasteiger partial charge on any atom is -0.478 e.